The number of amides is 1. The fourth-order valence-corrected chi connectivity index (χ4v) is 4.78. The van der Waals surface area contributed by atoms with Crippen molar-refractivity contribution in [2.75, 3.05) is 12.3 Å². The molecule has 0 N–H and O–H groups in total. The lowest BCUT2D eigenvalue weighted by atomic mass is 9.78. The topological polar surface area (TPSA) is 46.3 Å². The standard InChI is InChI=1S/C18H22N2O2S/c21-17(20-11-5-7-13-6-1-3-9-15(13)20)12-23-18-19-14-8-2-4-10-16(14)22-18/h2,4,8,10,13,15H,1,3,5-7,9,11-12H2/t13-,15-/m0/s1. The van der Waals surface area contributed by atoms with Gasteiger partial charge >= 0.3 is 0 Å². The lowest BCUT2D eigenvalue weighted by molar-refractivity contribution is -0.134. The number of aromatic nitrogens is 1. The number of benzene rings is 1. The number of hydrogen-bond acceptors (Lipinski definition) is 4. The zero-order valence-corrected chi connectivity index (χ0v) is 14.1. The quantitative estimate of drug-likeness (QED) is 0.795. The third kappa shape index (κ3) is 3.11. The molecular formula is C18H22N2O2S. The average molecular weight is 330 g/mol. The molecule has 2 heterocycles. The zero-order valence-electron chi connectivity index (χ0n) is 13.2. The van der Waals surface area contributed by atoms with Crippen LogP contribution in [0.1, 0.15) is 38.5 Å². The zero-order chi connectivity index (χ0) is 15.6. The molecule has 2 atom stereocenters. The van der Waals surface area contributed by atoms with Crippen LogP contribution in [0.2, 0.25) is 0 Å². The van der Waals surface area contributed by atoms with Crippen molar-refractivity contribution in [3.8, 4) is 0 Å². The summed E-state index contributed by atoms with van der Waals surface area (Å²) in [4.78, 5) is 19.3. The maximum Gasteiger partial charge on any atom is 0.257 e. The fourth-order valence-electron chi connectivity index (χ4n) is 4.05. The Balaban J connectivity index is 1.40. The van der Waals surface area contributed by atoms with Crippen molar-refractivity contribution in [3.63, 3.8) is 0 Å². The molecule has 0 spiro atoms. The van der Waals surface area contributed by atoms with E-state index in [4.69, 9.17) is 4.42 Å². The molecule has 1 aliphatic heterocycles. The van der Waals surface area contributed by atoms with E-state index < -0.39 is 0 Å². The molecule has 2 aromatic rings. The molecule has 1 saturated heterocycles. The van der Waals surface area contributed by atoms with E-state index in [1.807, 2.05) is 24.3 Å². The van der Waals surface area contributed by atoms with Crippen molar-refractivity contribution < 1.29 is 9.21 Å². The number of piperidine rings is 1. The second-order valence-electron chi connectivity index (χ2n) is 6.58. The number of likely N-dealkylation sites (tertiary alicyclic amines) is 1. The van der Waals surface area contributed by atoms with E-state index in [0.29, 0.717) is 17.0 Å². The van der Waals surface area contributed by atoms with Crippen LogP contribution < -0.4 is 0 Å². The number of carbonyl (C=O) groups excluding carboxylic acids is 1. The van der Waals surface area contributed by atoms with E-state index in [0.717, 1.165) is 30.0 Å². The number of rotatable bonds is 3. The van der Waals surface area contributed by atoms with E-state index in [9.17, 15) is 4.79 Å². The van der Waals surface area contributed by atoms with Crippen LogP contribution in [0.25, 0.3) is 11.1 Å². The van der Waals surface area contributed by atoms with E-state index in [-0.39, 0.29) is 5.91 Å². The third-order valence-electron chi connectivity index (χ3n) is 5.16. The van der Waals surface area contributed by atoms with Gasteiger partial charge in [0.15, 0.2) is 5.58 Å². The van der Waals surface area contributed by atoms with Crippen LogP contribution in [0, 0.1) is 5.92 Å². The Morgan fingerprint density at radius 3 is 2.96 bits per heavy atom. The maximum atomic E-state index is 12.7. The van der Waals surface area contributed by atoms with Crippen molar-refractivity contribution in [2.24, 2.45) is 5.92 Å². The number of fused-ring (bicyclic) bond motifs is 2. The molecule has 1 aliphatic carbocycles. The molecule has 0 bridgehead atoms. The van der Waals surface area contributed by atoms with Gasteiger partial charge in [-0.05, 0) is 43.7 Å². The van der Waals surface area contributed by atoms with Gasteiger partial charge in [-0.1, -0.05) is 36.7 Å². The molecule has 1 amide bonds. The van der Waals surface area contributed by atoms with Crippen LogP contribution in [-0.2, 0) is 4.79 Å². The molecular weight excluding hydrogens is 308 g/mol. The second kappa shape index (κ2) is 6.56. The molecule has 1 aromatic carbocycles. The molecule has 2 aliphatic rings. The highest BCUT2D eigenvalue weighted by Crippen LogP contribution is 2.35. The first-order chi connectivity index (χ1) is 11.3. The van der Waals surface area contributed by atoms with Crippen molar-refractivity contribution >= 4 is 28.8 Å². The van der Waals surface area contributed by atoms with Gasteiger partial charge in [0.1, 0.15) is 5.52 Å². The Morgan fingerprint density at radius 2 is 2.04 bits per heavy atom. The van der Waals surface area contributed by atoms with E-state index in [1.54, 1.807) is 0 Å². The summed E-state index contributed by atoms with van der Waals surface area (Å²) in [5.74, 6) is 1.40. The minimum Gasteiger partial charge on any atom is -0.431 e. The Labute approximate surface area is 140 Å². The molecule has 4 nitrogen and oxygen atoms in total. The first-order valence-corrected chi connectivity index (χ1v) is 9.57. The van der Waals surface area contributed by atoms with E-state index in [1.165, 1.54) is 43.9 Å². The first-order valence-electron chi connectivity index (χ1n) is 8.59. The molecule has 1 aromatic heterocycles. The van der Waals surface area contributed by atoms with Gasteiger partial charge in [-0.25, -0.2) is 4.98 Å². The van der Waals surface area contributed by atoms with E-state index >= 15 is 0 Å². The van der Waals surface area contributed by atoms with Gasteiger partial charge in [0, 0.05) is 12.6 Å². The normalized spacial score (nSPS) is 24.6. The highest BCUT2D eigenvalue weighted by molar-refractivity contribution is 7.99. The largest absolute Gasteiger partial charge is 0.431 e. The van der Waals surface area contributed by atoms with Gasteiger partial charge < -0.3 is 9.32 Å². The van der Waals surface area contributed by atoms with Crippen LogP contribution >= 0.6 is 11.8 Å². The van der Waals surface area contributed by atoms with Crippen LogP contribution in [0.15, 0.2) is 33.9 Å². The van der Waals surface area contributed by atoms with Crippen LogP contribution in [0.4, 0.5) is 0 Å². The number of nitrogens with zero attached hydrogens (tertiary/aromatic N) is 2. The molecule has 122 valence electrons. The molecule has 5 heteroatoms. The highest BCUT2D eigenvalue weighted by Gasteiger charge is 2.35. The lowest BCUT2D eigenvalue weighted by Crippen LogP contribution is -2.50. The van der Waals surface area contributed by atoms with Gasteiger partial charge in [-0.3, -0.25) is 4.79 Å². The predicted molar refractivity (Wildman–Crippen MR) is 91.4 cm³/mol. The lowest BCUT2D eigenvalue weighted by Gasteiger charge is -2.44. The third-order valence-corrected chi connectivity index (χ3v) is 5.97. The Morgan fingerprint density at radius 1 is 1.22 bits per heavy atom. The summed E-state index contributed by atoms with van der Waals surface area (Å²) in [6, 6.07) is 8.20. The summed E-state index contributed by atoms with van der Waals surface area (Å²) < 4.78 is 5.69. The summed E-state index contributed by atoms with van der Waals surface area (Å²) >= 11 is 1.42. The predicted octanol–water partition coefficient (Wildman–Crippen LogP) is 4.10. The number of para-hydroxylation sites is 2. The molecule has 0 radical (unpaired) electrons. The average Bonchev–Trinajstić information content (AvgIpc) is 3.02. The SMILES string of the molecule is O=C(CSc1nc2ccccc2o1)N1CCC[C@@H]2CCCC[C@@H]21. The van der Waals surface area contributed by atoms with Crippen molar-refractivity contribution in [1.82, 2.24) is 9.88 Å². The van der Waals surface area contributed by atoms with Crippen molar-refractivity contribution in [1.29, 1.82) is 0 Å². The summed E-state index contributed by atoms with van der Waals surface area (Å²) in [7, 11) is 0. The van der Waals surface area contributed by atoms with Crippen LogP contribution in [-0.4, -0.2) is 34.1 Å². The van der Waals surface area contributed by atoms with Gasteiger partial charge in [0.25, 0.3) is 5.22 Å². The Bertz CT molecular complexity index is 664. The van der Waals surface area contributed by atoms with Gasteiger partial charge in [0.2, 0.25) is 5.91 Å². The number of thioether (sulfide) groups is 1. The monoisotopic (exact) mass is 330 g/mol. The maximum absolute atomic E-state index is 12.7. The summed E-state index contributed by atoms with van der Waals surface area (Å²) in [6.07, 6.45) is 7.54. The van der Waals surface area contributed by atoms with Gasteiger partial charge in [-0.15, -0.1) is 0 Å². The highest BCUT2D eigenvalue weighted by atomic mass is 32.2. The first kappa shape index (κ1) is 15.1. The smallest absolute Gasteiger partial charge is 0.257 e. The summed E-state index contributed by atoms with van der Waals surface area (Å²) in [6.45, 7) is 0.925. The molecule has 4 rings (SSSR count). The van der Waals surface area contributed by atoms with Crippen LogP contribution in [0.5, 0.6) is 0 Å². The minimum atomic E-state index is 0.244. The Hall–Kier alpha value is -1.49. The second-order valence-corrected chi connectivity index (χ2v) is 7.50. The molecule has 0 unspecified atom stereocenters. The van der Waals surface area contributed by atoms with Gasteiger partial charge in [0.05, 0.1) is 5.75 Å². The molecule has 1 saturated carbocycles. The van der Waals surface area contributed by atoms with Crippen molar-refractivity contribution in [2.45, 2.75) is 49.8 Å². The fraction of sp³-hybridized carbons (Fsp3) is 0.556. The van der Waals surface area contributed by atoms with Crippen LogP contribution in [0.3, 0.4) is 0 Å². The summed E-state index contributed by atoms with van der Waals surface area (Å²) in [5.41, 5.74) is 1.64. The number of hydrogen-bond donors (Lipinski definition) is 0. The molecule has 2 fully saturated rings. The minimum absolute atomic E-state index is 0.244. The Kier molecular flexibility index (Phi) is 4.29. The summed E-state index contributed by atoms with van der Waals surface area (Å²) in [5, 5.41) is 0.594. The van der Waals surface area contributed by atoms with Crippen molar-refractivity contribution in [3.05, 3.63) is 24.3 Å². The number of oxazole rings is 1. The number of carbonyl (C=O) groups is 1. The van der Waals surface area contributed by atoms with Gasteiger partial charge in [-0.2, -0.15) is 0 Å². The van der Waals surface area contributed by atoms with E-state index in [2.05, 4.69) is 9.88 Å². The molecule has 23 heavy (non-hydrogen) atoms.